The van der Waals surface area contributed by atoms with Crippen molar-refractivity contribution in [3.63, 3.8) is 0 Å². The molecule has 17 heavy (non-hydrogen) atoms. The van der Waals surface area contributed by atoms with E-state index in [0.717, 1.165) is 29.7 Å². The summed E-state index contributed by atoms with van der Waals surface area (Å²) in [5, 5.41) is 0. The zero-order valence-corrected chi connectivity index (χ0v) is 9.56. The van der Waals surface area contributed by atoms with Crippen molar-refractivity contribution in [2.75, 3.05) is 17.2 Å². The van der Waals surface area contributed by atoms with Gasteiger partial charge in [-0.05, 0) is 42.2 Å². The first-order valence-corrected chi connectivity index (χ1v) is 5.50. The lowest BCUT2D eigenvalue weighted by molar-refractivity contribution is 0.960. The molecule has 0 fully saturated rings. The number of hydrogen-bond donors (Lipinski definition) is 3. The van der Waals surface area contributed by atoms with Crippen LogP contribution >= 0.6 is 0 Å². The Balaban J connectivity index is 2.10. The van der Waals surface area contributed by atoms with Gasteiger partial charge in [-0.2, -0.15) is 0 Å². The molecule has 0 aliphatic carbocycles. The first-order chi connectivity index (χ1) is 8.15. The third-order valence-corrected chi connectivity index (χ3v) is 2.66. The Morgan fingerprint density at radius 2 is 1.53 bits per heavy atom. The summed E-state index contributed by atoms with van der Waals surface area (Å²) < 4.78 is 0. The number of benzene rings is 1. The summed E-state index contributed by atoms with van der Waals surface area (Å²) >= 11 is 0. The van der Waals surface area contributed by atoms with Gasteiger partial charge in [0.1, 0.15) is 11.6 Å². The maximum absolute atomic E-state index is 5.88. The number of nitrogen functional groups attached to an aromatic ring is 3. The monoisotopic (exact) mass is 228 g/mol. The van der Waals surface area contributed by atoms with Crippen molar-refractivity contribution in [1.29, 1.82) is 0 Å². The topological polar surface area (TPSA) is 91.0 Å². The van der Waals surface area contributed by atoms with Crippen LogP contribution in [-0.2, 0) is 12.8 Å². The van der Waals surface area contributed by atoms with Gasteiger partial charge >= 0.3 is 0 Å². The standard InChI is InChI=1S/C13H16N4/c14-11-4-2-1-3-10(11)6-5-9-7-12(15)17-13(16)8-9/h1-4,7-8H,5-6,14H2,(H4,15,16,17). The molecule has 1 heterocycles. The third-order valence-electron chi connectivity index (χ3n) is 2.66. The Bertz CT molecular complexity index is 502. The van der Waals surface area contributed by atoms with Gasteiger partial charge in [0.25, 0.3) is 0 Å². The van der Waals surface area contributed by atoms with Crippen molar-refractivity contribution in [3.8, 4) is 0 Å². The molecular weight excluding hydrogens is 212 g/mol. The SMILES string of the molecule is Nc1cc(CCc2ccccc2N)cc(N)n1. The van der Waals surface area contributed by atoms with Gasteiger partial charge < -0.3 is 17.2 Å². The number of aryl methyl sites for hydroxylation is 2. The van der Waals surface area contributed by atoms with E-state index in [9.17, 15) is 0 Å². The smallest absolute Gasteiger partial charge is 0.126 e. The fourth-order valence-corrected chi connectivity index (χ4v) is 1.82. The second kappa shape index (κ2) is 4.74. The lowest BCUT2D eigenvalue weighted by Crippen LogP contribution is -2.01. The fourth-order valence-electron chi connectivity index (χ4n) is 1.82. The number of pyridine rings is 1. The van der Waals surface area contributed by atoms with E-state index in [-0.39, 0.29) is 0 Å². The summed E-state index contributed by atoms with van der Waals surface area (Å²) in [4.78, 5) is 3.94. The van der Waals surface area contributed by atoms with Crippen LogP contribution in [0.1, 0.15) is 11.1 Å². The normalized spacial score (nSPS) is 10.4. The Kier molecular flexibility index (Phi) is 3.14. The molecular formula is C13H16N4. The quantitative estimate of drug-likeness (QED) is 0.696. The molecule has 6 N–H and O–H groups in total. The molecule has 0 amide bonds. The van der Waals surface area contributed by atoms with Crippen molar-refractivity contribution < 1.29 is 0 Å². The summed E-state index contributed by atoms with van der Waals surface area (Å²) in [6.45, 7) is 0. The minimum Gasteiger partial charge on any atom is -0.399 e. The van der Waals surface area contributed by atoms with E-state index in [1.54, 1.807) is 0 Å². The number of nitrogens with two attached hydrogens (primary N) is 3. The molecule has 0 radical (unpaired) electrons. The summed E-state index contributed by atoms with van der Waals surface area (Å²) in [5.41, 5.74) is 20.2. The van der Waals surface area contributed by atoms with E-state index < -0.39 is 0 Å². The van der Waals surface area contributed by atoms with Crippen LogP contribution in [0.2, 0.25) is 0 Å². The van der Waals surface area contributed by atoms with Crippen molar-refractivity contribution in [2.24, 2.45) is 0 Å². The molecule has 0 spiro atoms. The molecule has 0 aliphatic rings. The van der Waals surface area contributed by atoms with Crippen LogP contribution in [0.4, 0.5) is 17.3 Å². The number of rotatable bonds is 3. The second-order valence-corrected chi connectivity index (χ2v) is 4.02. The summed E-state index contributed by atoms with van der Waals surface area (Å²) in [5.74, 6) is 0.919. The Labute approximate surface area is 100 Å². The van der Waals surface area contributed by atoms with Crippen molar-refractivity contribution in [3.05, 3.63) is 47.5 Å². The summed E-state index contributed by atoms with van der Waals surface area (Å²) in [6.07, 6.45) is 1.72. The predicted octanol–water partition coefficient (Wildman–Crippen LogP) is 1.61. The number of para-hydroxylation sites is 1. The van der Waals surface area contributed by atoms with Crippen LogP contribution in [0.3, 0.4) is 0 Å². The highest BCUT2D eigenvalue weighted by Crippen LogP contribution is 2.16. The molecule has 4 heteroatoms. The van der Waals surface area contributed by atoms with Gasteiger partial charge in [0.2, 0.25) is 0 Å². The van der Waals surface area contributed by atoms with E-state index >= 15 is 0 Å². The zero-order valence-electron chi connectivity index (χ0n) is 9.56. The molecule has 0 saturated heterocycles. The number of aromatic nitrogens is 1. The number of anilines is 3. The Morgan fingerprint density at radius 3 is 2.18 bits per heavy atom. The number of nitrogens with zero attached hydrogens (tertiary/aromatic N) is 1. The maximum atomic E-state index is 5.88. The van der Waals surface area contributed by atoms with Crippen molar-refractivity contribution >= 4 is 17.3 Å². The Morgan fingerprint density at radius 1 is 0.882 bits per heavy atom. The molecule has 2 aromatic rings. The van der Waals surface area contributed by atoms with Gasteiger partial charge in [-0.3, -0.25) is 0 Å². The zero-order chi connectivity index (χ0) is 12.3. The molecule has 0 atom stereocenters. The minimum absolute atomic E-state index is 0.459. The molecule has 1 aromatic carbocycles. The molecule has 4 nitrogen and oxygen atoms in total. The minimum atomic E-state index is 0.459. The summed E-state index contributed by atoms with van der Waals surface area (Å²) in [7, 11) is 0. The first kappa shape index (κ1) is 11.3. The van der Waals surface area contributed by atoms with Crippen LogP contribution in [0.25, 0.3) is 0 Å². The van der Waals surface area contributed by atoms with E-state index in [4.69, 9.17) is 17.2 Å². The second-order valence-electron chi connectivity index (χ2n) is 4.02. The average Bonchev–Trinajstić information content (AvgIpc) is 2.27. The van der Waals surface area contributed by atoms with Crippen LogP contribution in [0, 0.1) is 0 Å². The van der Waals surface area contributed by atoms with Crippen LogP contribution in [0.5, 0.6) is 0 Å². The van der Waals surface area contributed by atoms with Gasteiger partial charge in [-0.1, -0.05) is 18.2 Å². The molecule has 2 rings (SSSR count). The van der Waals surface area contributed by atoms with Crippen LogP contribution in [0.15, 0.2) is 36.4 Å². The van der Waals surface area contributed by atoms with E-state index in [1.165, 1.54) is 0 Å². The van der Waals surface area contributed by atoms with Gasteiger partial charge in [-0.25, -0.2) is 4.98 Å². The van der Waals surface area contributed by atoms with Gasteiger partial charge in [0.15, 0.2) is 0 Å². The van der Waals surface area contributed by atoms with Crippen LogP contribution < -0.4 is 17.2 Å². The largest absolute Gasteiger partial charge is 0.399 e. The molecule has 88 valence electrons. The molecule has 0 unspecified atom stereocenters. The highest BCUT2D eigenvalue weighted by Gasteiger charge is 2.01. The lowest BCUT2D eigenvalue weighted by Gasteiger charge is -2.06. The molecule has 0 saturated carbocycles. The molecule has 0 bridgehead atoms. The van der Waals surface area contributed by atoms with E-state index in [0.29, 0.717) is 11.6 Å². The predicted molar refractivity (Wildman–Crippen MR) is 71.3 cm³/mol. The molecule has 0 aliphatic heterocycles. The fraction of sp³-hybridized carbons (Fsp3) is 0.154. The van der Waals surface area contributed by atoms with Gasteiger partial charge in [-0.15, -0.1) is 0 Å². The highest BCUT2D eigenvalue weighted by atomic mass is 14.9. The van der Waals surface area contributed by atoms with Gasteiger partial charge in [0, 0.05) is 5.69 Å². The first-order valence-electron chi connectivity index (χ1n) is 5.50. The summed E-state index contributed by atoms with van der Waals surface area (Å²) in [6, 6.07) is 11.5. The van der Waals surface area contributed by atoms with E-state index in [2.05, 4.69) is 4.98 Å². The average molecular weight is 228 g/mol. The van der Waals surface area contributed by atoms with Crippen molar-refractivity contribution in [2.45, 2.75) is 12.8 Å². The number of hydrogen-bond acceptors (Lipinski definition) is 4. The third kappa shape index (κ3) is 2.87. The lowest BCUT2D eigenvalue weighted by atomic mass is 10.0. The highest BCUT2D eigenvalue weighted by molar-refractivity contribution is 5.48. The maximum Gasteiger partial charge on any atom is 0.126 e. The van der Waals surface area contributed by atoms with Gasteiger partial charge in [0.05, 0.1) is 0 Å². The molecule has 1 aromatic heterocycles. The Hall–Kier alpha value is -2.23. The van der Waals surface area contributed by atoms with Crippen LogP contribution in [-0.4, -0.2) is 4.98 Å². The van der Waals surface area contributed by atoms with Crippen molar-refractivity contribution in [1.82, 2.24) is 4.98 Å². The van der Waals surface area contributed by atoms with E-state index in [1.807, 2.05) is 36.4 Å².